The van der Waals surface area contributed by atoms with Crippen molar-refractivity contribution >= 4 is 0 Å². The lowest BCUT2D eigenvalue weighted by Crippen LogP contribution is -2.10. The molecule has 0 fully saturated rings. The highest BCUT2D eigenvalue weighted by Crippen LogP contribution is 2.36. The van der Waals surface area contributed by atoms with Gasteiger partial charge < -0.3 is 15.6 Å². The van der Waals surface area contributed by atoms with E-state index in [9.17, 15) is 5.11 Å². The summed E-state index contributed by atoms with van der Waals surface area (Å²) in [6.07, 6.45) is 0. The second-order valence-electron chi connectivity index (χ2n) is 2.61. The Bertz CT molecular complexity index is 285. The average Bonchev–Trinajstić information content (AvgIpc) is 2.34. The summed E-state index contributed by atoms with van der Waals surface area (Å²) in [5.41, 5.74) is 6.39. The Hall–Kier alpha value is -1.22. The molecule has 0 amide bonds. The Labute approximate surface area is 64.4 Å². The number of fused-ring (bicyclic) bond motifs is 1. The van der Waals surface area contributed by atoms with Crippen molar-refractivity contribution < 1.29 is 9.84 Å². The molecule has 0 saturated carbocycles. The van der Waals surface area contributed by atoms with Gasteiger partial charge in [0.1, 0.15) is 18.1 Å². The van der Waals surface area contributed by atoms with Crippen molar-refractivity contribution in [3.63, 3.8) is 0 Å². The molecule has 2 rings (SSSR count). The van der Waals surface area contributed by atoms with E-state index < -0.39 is 0 Å². The first-order valence-corrected chi connectivity index (χ1v) is 3.49. The molecule has 11 heavy (non-hydrogen) atoms. The van der Waals surface area contributed by atoms with E-state index in [-0.39, 0.29) is 11.8 Å². The molecule has 0 aromatic heterocycles. The third-order valence-electron chi connectivity index (χ3n) is 1.83. The molecule has 1 heterocycles. The van der Waals surface area contributed by atoms with Crippen molar-refractivity contribution in [2.24, 2.45) is 5.73 Å². The van der Waals surface area contributed by atoms with Crippen LogP contribution in [0.25, 0.3) is 0 Å². The van der Waals surface area contributed by atoms with Crippen LogP contribution in [0.2, 0.25) is 0 Å². The van der Waals surface area contributed by atoms with Gasteiger partial charge in [0.05, 0.1) is 11.6 Å². The second kappa shape index (κ2) is 2.13. The number of aromatic hydroxyl groups is 1. The number of nitrogens with two attached hydrogens (primary N) is 1. The van der Waals surface area contributed by atoms with Crippen LogP contribution in [0.15, 0.2) is 18.2 Å². The summed E-state index contributed by atoms with van der Waals surface area (Å²) in [5.74, 6) is 0.935. The summed E-state index contributed by atoms with van der Waals surface area (Å²) in [7, 11) is 0. The number of hydrogen-bond donors (Lipinski definition) is 2. The normalized spacial score (nSPS) is 21.0. The van der Waals surface area contributed by atoms with Crippen molar-refractivity contribution in [2.75, 3.05) is 6.61 Å². The van der Waals surface area contributed by atoms with Gasteiger partial charge in [-0.25, -0.2) is 0 Å². The first-order chi connectivity index (χ1) is 5.29. The van der Waals surface area contributed by atoms with Crippen LogP contribution in [0.4, 0.5) is 0 Å². The van der Waals surface area contributed by atoms with Gasteiger partial charge in [-0.15, -0.1) is 0 Å². The number of hydrogen-bond acceptors (Lipinski definition) is 3. The van der Waals surface area contributed by atoms with E-state index in [1.54, 1.807) is 12.1 Å². The van der Waals surface area contributed by atoms with Crippen LogP contribution in [0.1, 0.15) is 11.6 Å². The van der Waals surface area contributed by atoms with Gasteiger partial charge in [0.15, 0.2) is 0 Å². The minimum Gasteiger partial charge on any atom is -0.507 e. The fourth-order valence-electron chi connectivity index (χ4n) is 1.29. The molecule has 1 atom stereocenters. The molecule has 0 aliphatic carbocycles. The lowest BCUT2D eigenvalue weighted by molar-refractivity contribution is 0.333. The topological polar surface area (TPSA) is 55.5 Å². The molecular formula is C8H9NO2. The number of rotatable bonds is 0. The highest BCUT2D eigenvalue weighted by Gasteiger charge is 2.23. The van der Waals surface area contributed by atoms with Gasteiger partial charge in [0.2, 0.25) is 0 Å². The van der Waals surface area contributed by atoms with Crippen molar-refractivity contribution in [1.82, 2.24) is 0 Å². The molecule has 0 spiro atoms. The van der Waals surface area contributed by atoms with Crippen LogP contribution < -0.4 is 10.5 Å². The molecule has 1 aliphatic rings. The fourth-order valence-corrected chi connectivity index (χ4v) is 1.29. The van der Waals surface area contributed by atoms with E-state index >= 15 is 0 Å². The molecular weight excluding hydrogens is 142 g/mol. The van der Waals surface area contributed by atoms with E-state index in [0.29, 0.717) is 12.4 Å². The molecule has 1 aromatic rings. The SMILES string of the molecule is N[C@H]1COc2cccc(O)c21. The number of phenols is 1. The molecule has 0 unspecified atom stereocenters. The standard InChI is InChI=1S/C8H9NO2/c9-5-4-11-7-3-1-2-6(10)8(5)7/h1-3,5,10H,4,9H2/t5-/m0/s1. The summed E-state index contributed by atoms with van der Waals surface area (Å²) >= 11 is 0. The average molecular weight is 151 g/mol. The van der Waals surface area contributed by atoms with Crippen LogP contribution in [-0.4, -0.2) is 11.7 Å². The van der Waals surface area contributed by atoms with Gasteiger partial charge in [-0.05, 0) is 12.1 Å². The predicted octanol–water partition coefficient (Wildman–Crippen LogP) is 0.784. The van der Waals surface area contributed by atoms with Gasteiger partial charge in [0, 0.05) is 0 Å². The van der Waals surface area contributed by atoms with Crippen molar-refractivity contribution in [2.45, 2.75) is 6.04 Å². The van der Waals surface area contributed by atoms with Gasteiger partial charge in [-0.1, -0.05) is 6.07 Å². The Balaban J connectivity index is 2.58. The van der Waals surface area contributed by atoms with Gasteiger partial charge in [-0.2, -0.15) is 0 Å². The van der Waals surface area contributed by atoms with Gasteiger partial charge >= 0.3 is 0 Å². The van der Waals surface area contributed by atoms with E-state index in [2.05, 4.69) is 0 Å². The highest BCUT2D eigenvalue weighted by molar-refractivity contribution is 5.48. The maximum Gasteiger partial charge on any atom is 0.128 e. The third kappa shape index (κ3) is 0.851. The van der Waals surface area contributed by atoms with Crippen LogP contribution in [0, 0.1) is 0 Å². The molecule has 3 nitrogen and oxygen atoms in total. The van der Waals surface area contributed by atoms with Crippen LogP contribution in [-0.2, 0) is 0 Å². The van der Waals surface area contributed by atoms with Crippen LogP contribution >= 0.6 is 0 Å². The predicted molar refractivity (Wildman–Crippen MR) is 40.5 cm³/mol. The smallest absolute Gasteiger partial charge is 0.128 e. The monoisotopic (exact) mass is 151 g/mol. The minimum atomic E-state index is -0.175. The minimum absolute atomic E-state index is 0.175. The van der Waals surface area contributed by atoms with E-state index in [1.807, 2.05) is 6.07 Å². The third-order valence-corrected chi connectivity index (χ3v) is 1.83. The Morgan fingerprint density at radius 1 is 1.55 bits per heavy atom. The summed E-state index contributed by atoms with van der Waals surface area (Å²) in [5, 5.41) is 9.34. The van der Waals surface area contributed by atoms with E-state index in [0.717, 1.165) is 5.56 Å². The molecule has 0 saturated heterocycles. The molecule has 1 aromatic carbocycles. The zero-order valence-corrected chi connectivity index (χ0v) is 5.95. The maximum absolute atomic E-state index is 9.34. The zero-order chi connectivity index (χ0) is 7.84. The molecule has 0 radical (unpaired) electrons. The van der Waals surface area contributed by atoms with Crippen molar-refractivity contribution in [3.05, 3.63) is 23.8 Å². The maximum atomic E-state index is 9.34. The first kappa shape index (κ1) is 6.49. The van der Waals surface area contributed by atoms with Crippen molar-refractivity contribution in [3.8, 4) is 11.5 Å². The summed E-state index contributed by atoms with van der Waals surface area (Å²) in [4.78, 5) is 0. The van der Waals surface area contributed by atoms with Crippen LogP contribution in [0.5, 0.6) is 11.5 Å². The second-order valence-corrected chi connectivity index (χ2v) is 2.61. The van der Waals surface area contributed by atoms with Gasteiger partial charge in [-0.3, -0.25) is 0 Å². The molecule has 58 valence electrons. The molecule has 3 N–H and O–H groups in total. The largest absolute Gasteiger partial charge is 0.507 e. The fraction of sp³-hybridized carbons (Fsp3) is 0.250. The van der Waals surface area contributed by atoms with Crippen molar-refractivity contribution in [1.29, 1.82) is 0 Å². The van der Waals surface area contributed by atoms with Crippen LogP contribution in [0.3, 0.4) is 0 Å². The lowest BCUT2D eigenvalue weighted by atomic mass is 10.1. The molecule has 1 aliphatic heterocycles. The van der Waals surface area contributed by atoms with E-state index in [1.165, 1.54) is 0 Å². The number of phenolic OH excluding ortho intramolecular Hbond substituents is 1. The van der Waals surface area contributed by atoms with Gasteiger partial charge in [0.25, 0.3) is 0 Å². The first-order valence-electron chi connectivity index (χ1n) is 3.49. The highest BCUT2D eigenvalue weighted by atomic mass is 16.5. The Morgan fingerprint density at radius 3 is 3.09 bits per heavy atom. The molecule has 3 heteroatoms. The lowest BCUT2D eigenvalue weighted by Gasteiger charge is -2.01. The molecule has 0 bridgehead atoms. The van der Waals surface area contributed by atoms with E-state index in [4.69, 9.17) is 10.5 Å². The summed E-state index contributed by atoms with van der Waals surface area (Å²) < 4.78 is 5.21. The zero-order valence-electron chi connectivity index (χ0n) is 5.95. The number of benzene rings is 1. The quantitative estimate of drug-likeness (QED) is 0.576. The Morgan fingerprint density at radius 2 is 2.36 bits per heavy atom. The Kier molecular flexibility index (Phi) is 1.26. The number of ether oxygens (including phenoxy) is 1. The summed E-state index contributed by atoms with van der Waals surface area (Å²) in [6.45, 7) is 0.465. The summed E-state index contributed by atoms with van der Waals surface area (Å²) in [6, 6.07) is 4.99.